The molecule has 1 fully saturated rings. The maximum absolute atomic E-state index is 13.5. The highest BCUT2D eigenvalue weighted by molar-refractivity contribution is 5.80. The number of para-hydroxylation sites is 1. The van der Waals surface area contributed by atoms with E-state index in [4.69, 9.17) is 14.7 Å². The second-order valence-corrected chi connectivity index (χ2v) is 9.27. The maximum atomic E-state index is 13.5. The van der Waals surface area contributed by atoms with Gasteiger partial charge in [0, 0.05) is 46.5 Å². The summed E-state index contributed by atoms with van der Waals surface area (Å²) in [5, 5.41) is 0.700. The SMILES string of the molecule is O=c1c2c([nH]c3ccccc13)C(C1CC3CC=CC=C3O1)N(c1ncc(-c3ccccn3)cn1)C2. The van der Waals surface area contributed by atoms with Crippen molar-refractivity contribution in [1.82, 2.24) is 19.9 Å². The fraction of sp³-hybridized carbons (Fsp3) is 0.214. The monoisotopic (exact) mass is 461 g/mol. The molecule has 0 bridgehead atoms. The van der Waals surface area contributed by atoms with Gasteiger partial charge in [0.2, 0.25) is 5.95 Å². The molecule has 1 aliphatic carbocycles. The third-order valence-electron chi connectivity index (χ3n) is 7.23. The lowest BCUT2D eigenvalue weighted by Gasteiger charge is -2.29. The van der Waals surface area contributed by atoms with E-state index in [-0.39, 0.29) is 17.6 Å². The van der Waals surface area contributed by atoms with Gasteiger partial charge in [-0.1, -0.05) is 30.4 Å². The summed E-state index contributed by atoms with van der Waals surface area (Å²) in [5.41, 5.74) is 4.24. The first kappa shape index (κ1) is 20.1. The summed E-state index contributed by atoms with van der Waals surface area (Å²) in [6.45, 7) is 0.435. The maximum Gasteiger partial charge on any atom is 0.226 e. The number of allylic oxidation sites excluding steroid dienone is 4. The molecule has 1 aromatic carbocycles. The van der Waals surface area contributed by atoms with Crippen LogP contribution in [0.3, 0.4) is 0 Å². The highest BCUT2D eigenvalue weighted by atomic mass is 16.5. The number of aromatic amines is 1. The van der Waals surface area contributed by atoms with Crippen LogP contribution in [-0.2, 0) is 11.3 Å². The Kier molecular flexibility index (Phi) is 4.55. The largest absolute Gasteiger partial charge is 0.492 e. The molecule has 7 nitrogen and oxygen atoms in total. The molecule has 7 rings (SSSR count). The van der Waals surface area contributed by atoms with Crippen LogP contribution in [-0.4, -0.2) is 26.0 Å². The van der Waals surface area contributed by atoms with E-state index >= 15 is 0 Å². The fourth-order valence-electron chi connectivity index (χ4n) is 5.55. The molecular weight excluding hydrogens is 438 g/mol. The predicted molar refractivity (Wildman–Crippen MR) is 134 cm³/mol. The number of fused-ring (bicyclic) bond motifs is 3. The Morgan fingerprint density at radius 2 is 1.89 bits per heavy atom. The number of nitrogens with one attached hydrogen (secondary N) is 1. The van der Waals surface area contributed by atoms with Crippen molar-refractivity contribution in [3.63, 3.8) is 0 Å². The van der Waals surface area contributed by atoms with Gasteiger partial charge in [-0.05, 0) is 43.2 Å². The molecule has 3 unspecified atom stereocenters. The zero-order chi connectivity index (χ0) is 23.4. The van der Waals surface area contributed by atoms with Crippen molar-refractivity contribution in [2.75, 3.05) is 4.90 Å². The van der Waals surface area contributed by atoms with Gasteiger partial charge >= 0.3 is 0 Å². The number of pyridine rings is 2. The third-order valence-corrected chi connectivity index (χ3v) is 7.23. The van der Waals surface area contributed by atoms with Crippen LogP contribution in [0.2, 0.25) is 0 Å². The summed E-state index contributed by atoms with van der Waals surface area (Å²) in [7, 11) is 0. The van der Waals surface area contributed by atoms with Gasteiger partial charge in [0.05, 0.1) is 17.9 Å². The van der Waals surface area contributed by atoms with E-state index in [9.17, 15) is 4.79 Å². The summed E-state index contributed by atoms with van der Waals surface area (Å²) in [4.78, 5) is 33.0. The normalized spacial score (nSPS) is 22.6. The van der Waals surface area contributed by atoms with Crippen LogP contribution >= 0.6 is 0 Å². The van der Waals surface area contributed by atoms with E-state index in [2.05, 4.69) is 33.1 Å². The molecule has 0 spiro atoms. The van der Waals surface area contributed by atoms with E-state index < -0.39 is 0 Å². The molecule has 1 saturated heterocycles. The molecule has 4 aromatic rings. The van der Waals surface area contributed by atoms with Gasteiger partial charge in [0.25, 0.3) is 0 Å². The van der Waals surface area contributed by atoms with Crippen LogP contribution in [0.25, 0.3) is 22.2 Å². The van der Waals surface area contributed by atoms with E-state index in [1.54, 1.807) is 18.6 Å². The van der Waals surface area contributed by atoms with Gasteiger partial charge < -0.3 is 14.6 Å². The Labute approximate surface area is 201 Å². The molecule has 2 aliphatic heterocycles. The number of benzene rings is 1. The van der Waals surface area contributed by atoms with Crippen LogP contribution < -0.4 is 10.3 Å². The minimum atomic E-state index is -0.186. The smallest absolute Gasteiger partial charge is 0.226 e. The molecule has 1 N–H and O–H groups in total. The van der Waals surface area contributed by atoms with Crippen LogP contribution in [0, 0.1) is 5.92 Å². The highest BCUT2D eigenvalue weighted by Gasteiger charge is 2.45. The van der Waals surface area contributed by atoms with Crippen molar-refractivity contribution in [3.05, 3.63) is 107 Å². The molecular formula is C28H23N5O2. The molecule has 7 heteroatoms. The molecule has 3 atom stereocenters. The number of H-pyrrole nitrogens is 1. The Bertz CT molecular complexity index is 1540. The summed E-state index contributed by atoms with van der Waals surface area (Å²) in [5.74, 6) is 1.98. The van der Waals surface area contributed by atoms with Gasteiger partial charge in [0.1, 0.15) is 17.9 Å². The first-order valence-corrected chi connectivity index (χ1v) is 11.9. The number of nitrogens with zero attached hydrogens (tertiary/aromatic N) is 4. The van der Waals surface area contributed by atoms with Gasteiger partial charge in [-0.15, -0.1) is 0 Å². The van der Waals surface area contributed by atoms with Crippen molar-refractivity contribution < 1.29 is 4.74 Å². The molecule has 35 heavy (non-hydrogen) atoms. The number of ether oxygens (including phenoxy) is 1. The van der Waals surface area contributed by atoms with Gasteiger partial charge in [0.15, 0.2) is 5.43 Å². The van der Waals surface area contributed by atoms with Gasteiger partial charge in [-0.25, -0.2) is 9.97 Å². The Balaban J connectivity index is 1.32. The second-order valence-electron chi connectivity index (χ2n) is 9.27. The Morgan fingerprint density at radius 3 is 2.71 bits per heavy atom. The lowest BCUT2D eigenvalue weighted by Crippen LogP contribution is -2.32. The third kappa shape index (κ3) is 3.26. The van der Waals surface area contributed by atoms with E-state index in [1.165, 1.54) is 0 Å². The predicted octanol–water partition coefficient (Wildman–Crippen LogP) is 4.69. The van der Waals surface area contributed by atoms with Crippen LogP contribution in [0.4, 0.5) is 5.95 Å². The van der Waals surface area contributed by atoms with Crippen molar-refractivity contribution in [1.29, 1.82) is 0 Å². The van der Waals surface area contributed by atoms with E-state index in [0.29, 0.717) is 23.8 Å². The summed E-state index contributed by atoms with van der Waals surface area (Å²) in [6.07, 6.45) is 13.4. The van der Waals surface area contributed by atoms with Crippen molar-refractivity contribution in [2.24, 2.45) is 5.92 Å². The number of rotatable bonds is 3. The van der Waals surface area contributed by atoms with Crippen LogP contribution in [0.15, 0.2) is 89.8 Å². The van der Waals surface area contributed by atoms with Crippen LogP contribution in [0.1, 0.15) is 30.1 Å². The quantitative estimate of drug-likeness (QED) is 0.477. The van der Waals surface area contributed by atoms with Gasteiger partial charge in [-0.3, -0.25) is 9.78 Å². The first-order chi connectivity index (χ1) is 17.3. The highest BCUT2D eigenvalue weighted by Crippen LogP contribution is 2.46. The average molecular weight is 462 g/mol. The number of anilines is 1. The molecule has 0 radical (unpaired) electrons. The molecule has 0 saturated carbocycles. The molecule has 172 valence electrons. The second kappa shape index (κ2) is 7.91. The fourth-order valence-corrected chi connectivity index (χ4v) is 5.55. The number of hydrogen-bond donors (Lipinski definition) is 1. The van der Waals surface area contributed by atoms with E-state index in [1.807, 2.05) is 42.5 Å². The van der Waals surface area contributed by atoms with Crippen molar-refractivity contribution in [2.45, 2.75) is 31.5 Å². The van der Waals surface area contributed by atoms with Crippen molar-refractivity contribution >= 4 is 16.9 Å². The zero-order valence-corrected chi connectivity index (χ0v) is 19.0. The topological polar surface area (TPSA) is 84.0 Å². The molecule has 0 amide bonds. The van der Waals surface area contributed by atoms with E-state index in [0.717, 1.165) is 46.6 Å². The minimum Gasteiger partial charge on any atom is -0.492 e. The molecule has 5 heterocycles. The average Bonchev–Trinajstić information content (AvgIpc) is 3.51. The Hall–Kier alpha value is -4.26. The van der Waals surface area contributed by atoms with Gasteiger partial charge in [-0.2, -0.15) is 0 Å². The zero-order valence-electron chi connectivity index (χ0n) is 19.0. The summed E-state index contributed by atoms with van der Waals surface area (Å²) < 4.78 is 6.48. The minimum absolute atomic E-state index is 0.0586. The lowest BCUT2D eigenvalue weighted by molar-refractivity contribution is 0.131. The summed E-state index contributed by atoms with van der Waals surface area (Å²) >= 11 is 0. The Morgan fingerprint density at radius 1 is 1.03 bits per heavy atom. The number of aromatic nitrogens is 4. The first-order valence-electron chi connectivity index (χ1n) is 11.9. The van der Waals surface area contributed by atoms with Crippen LogP contribution in [0.5, 0.6) is 0 Å². The standard InChI is InChI=1S/C28H23N5O2/c34-27-19-8-2-3-10-22(19)32-25-20(27)16-33(26(25)24-13-17-7-1-4-11-23(17)35-24)28-30-14-18(15-31-28)21-9-5-6-12-29-21/h1-6,8-12,14-15,17,24,26H,7,13,16H2,(H,32,34). The summed E-state index contributed by atoms with van der Waals surface area (Å²) in [6, 6.07) is 13.3. The van der Waals surface area contributed by atoms with Crippen molar-refractivity contribution in [3.8, 4) is 11.3 Å². The molecule has 3 aromatic heterocycles. The number of hydrogen-bond acceptors (Lipinski definition) is 6. The molecule has 3 aliphatic rings. The lowest BCUT2D eigenvalue weighted by atomic mass is 9.92.